The Bertz CT molecular complexity index is 381. The molecule has 0 aliphatic rings. The Kier molecular flexibility index (Phi) is 2.45. The third kappa shape index (κ3) is 2.17. The highest BCUT2D eigenvalue weighted by atomic mass is 16.6. The normalized spacial score (nSPS) is 9.15. The van der Waals surface area contributed by atoms with Crippen molar-refractivity contribution in [3.8, 4) is 11.8 Å². The fourth-order valence-corrected chi connectivity index (χ4v) is 0.955. The summed E-state index contributed by atoms with van der Waals surface area (Å²) in [7, 11) is 0. The molecule has 1 aromatic rings. The van der Waals surface area contributed by atoms with E-state index in [4.69, 9.17) is 10.4 Å². The quantitative estimate of drug-likeness (QED) is 0.547. The van der Waals surface area contributed by atoms with E-state index in [0.717, 1.165) is 6.07 Å². The number of aromatic hydroxyl groups is 1. The van der Waals surface area contributed by atoms with Crippen molar-refractivity contribution in [2.24, 2.45) is 0 Å². The molecule has 0 fully saturated rings. The second kappa shape index (κ2) is 3.54. The van der Waals surface area contributed by atoms with E-state index in [1.165, 1.54) is 12.1 Å². The predicted molar refractivity (Wildman–Crippen MR) is 44.1 cm³/mol. The fraction of sp³-hybridized carbons (Fsp3) is 0.125. The third-order valence-corrected chi connectivity index (χ3v) is 1.46. The van der Waals surface area contributed by atoms with Crippen molar-refractivity contribution in [1.82, 2.24) is 0 Å². The smallest absolute Gasteiger partial charge is 0.273 e. The molecule has 0 radical (unpaired) electrons. The minimum absolute atomic E-state index is 0.0508. The van der Waals surface area contributed by atoms with E-state index < -0.39 is 4.92 Å². The average Bonchev–Trinajstić information content (AvgIpc) is 2.03. The molecule has 0 heterocycles. The van der Waals surface area contributed by atoms with Gasteiger partial charge < -0.3 is 5.11 Å². The van der Waals surface area contributed by atoms with Crippen LogP contribution in [0.5, 0.6) is 5.75 Å². The summed E-state index contributed by atoms with van der Waals surface area (Å²) in [5.74, 6) is -0.195. The first-order valence-corrected chi connectivity index (χ1v) is 3.48. The van der Waals surface area contributed by atoms with Gasteiger partial charge in [-0.1, -0.05) is 0 Å². The van der Waals surface area contributed by atoms with Crippen LogP contribution in [0.4, 0.5) is 5.69 Å². The van der Waals surface area contributed by atoms with Crippen LogP contribution in [0.25, 0.3) is 0 Å². The SMILES string of the molecule is N#CCc1cc(O)cc([N+](=O)[O-])c1. The first-order valence-electron chi connectivity index (χ1n) is 3.48. The maximum absolute atomic E-state index is 10.3. The fourth-order valence-electron chi connectivity index (χ4n) is 0.955. The molecule has 66 valence electrons. The highest BCUT2D eigenvalue weighted by Crippen LogP contribution is 2.21. The van der Waals surface area contributed by atoms with Gasteiger partial charge in [0, 0.05) is 6.07 Å². The Balaban J connectivity index is 3.12. The van der Waals surface area contributed by atoms with Gasteiger partial charge in [0.2, 0.25) is 0 Å². The van der Waals surface area contributed by atoms with Crippen LogP contribution in [0, 0.1) is 21.4 Å². The van der Waals surface area contributed by atoms with Crippen molar-refractivity contribution < 1.29 is 10.0 Å². The molecule has 5 heteroatoms. The van der Waals surface area contributed by atoms with Gasteiger partial charge in [-0.2, -0.15) is 5.26 Å². The summed E-state index contributed by atoms with van der Waals surface area (Å²) in [5, 5.41) is 27.7. The number of rotatable bonds is 2. The molecule has 0 unspecified atom stereocenters. The van der Waals surface area contributed by atoms with Crippen LogP contribution in [0.3, 0.4) is 0 Å². The summed E-state index contributed by atoms with van der Waals surface area (Å²) >= 11 is 0. The average molecular weight is 178 g/mol. The van der Waals surface area contributed by atoms with Gasteiger partial charge in [-0.05, 0) is 11.6 Å². The zero-order chi connectivity index (χ0) is 9.84. The van der Waals surface area contributed by atoms with E-state index in [1.807, 2.05) is 6.07 Å². The molecule has 0 atom stereocenters. The van der Waals surface area contributed by atoms with Crippen LogP contribution in [-0.2, 0) is 6.42 Å². The van der Waals surface area contributed by atoms with E-state index in [-0.39, 0.29) is 17.9 Å². The molecule has 5 nitrogen and oxygen atoms in total. The van der Waals surface area contributed by atoms with Crippen LogP contribution < -0.4 is 0 Å². The van der Waals surface area contributed by atoms with Crippen LogP contribution in [0.2, 0.25) is 0 Å². The zero-order valence-electron chi connectivity index (χ0n) is 6.60. The minimum atomic E-state index is -0.611. The molecular formula is C8H6N2O3. The lowest BCUT2D eigenvalue weighted by molar-refractivity contribution is -0.385. The highest BCUT2D eigenvalue weighted by Gasteiger charge is 2.08. The van der Waals surface area contributed by atoms with Crippen molar-refractivity contribution in [1.29, 1.82) is 5.26 Å². The Hall–Kier alpha value is -2.09. The summed E-state index contributed by atoms with van der Waals surface area (Å²) in [6, 6.07) is 5.48. The van der Waals surface area contributed by atoms with E-state index >= 15 is 0 Å². The summed E-state index contributed by atoms with van der Waals surface area (Å²) in [6.07, 6.45) is 0.0508. The third-order valence-electron chi connectivity index (χ3n) is 1.46. The van der Waals surface area contributed by atoms with Crippen molar-refractivity contribution in [2.75, 3.05) is 0 Å². The van der Waals surface area contributed by atoms with Gasteiger partial charge >= 0.3 is 0 Å². The number of benzene rings is 1. The first kappa shape index (κ1) is 9.00. The Labute approximate surface area is 74.0 Å². The molecule has 1 rings (SSSR count). The van der Waals surface area contributed by atoms with Crippen LogP contribution >= 0.6 is 0 Å². The monoisotopic (exact) mass is 178 g/mol. The molecule has 13 heavy (non-hydrogen) atoms. The van der Waals surface area contributed by atoms with E-state index in [1.54, 1.807) is 0 Å². The van der Waals surface area contributed by atoms with E-state index in [2.05, 4.69) is 0 Å². The molecule has 0 saturated carbocycles. The lowest BCUT2D eigenvalue weighted by Crippen LogP contribution is -1.90. The number of hydrogen-bond donors (Lipinski definition) is 1. The Morgan fingerprint density at radius 3 is 2.77 bits per heavy atom. The second-order valence-electron chi connectivity index (χ2n) is 2.45. The number of non-ortho nitro benzene ring substituents is 1. The number of hydrogen-bond acceptors (Lipinski definition) is 4. The topological polar surface area (TPSA) is 87.2 Å². The Morgan fingerprint density at radius 2 is 2.23 bits per heavy atom. The first-order chi connectivity index (χ1) is 6.13. The number of nitro benzene ring substituents is 1. The molecule has 0 spiro atoms. The summed E-state index contributed by atoms with van der Waals surface area (Å²) in [5.41, 5.74) is 0.236. The molecule has 0 aliphatic carbocycles. The molecular weight excluding hydrogens is 172 g/mol. The number of nitro groups is 1. The van der Waals surface area contributed by atoms with Crippen LogP contribution in [0.15, 0.2) is 18.2 Å². The van der Waals surface area contributed by atoms with Gasteiger partial charge in [0.25, 0.3) is 5.69 Å². The van der Waals surface area contributed by atoms with Crippen molar-refractivity contribution in [2.45, 2.75) is 6.42 Å². The number of nitrogens with zero attached hydrogens (tertiary/aromatic N) is 2. The van der Waals surface area contributed by atoms with Gasteiger partial charge in [-0.3, -0.25) is 10.1 Å². The lowest BCUT2D eigenvalue weighted by Gasteiger charge is -1.96. The van der Waals surface area contributed by atoms with Crippen LogP contribution in [-0.4, -0.2) is 10.0 Å². The van der Waals surface area contributed by atoms with Gasteiger partial charge in [-0.25, -0.2) is 0 Å². The molecule has 0 aliphatic heterocycles. The van der Waals surface area contributed by atoms with Crippen molar-refractivity contribution in [3.63, 3.8) is 0 Å². The number of phenolic OH excluding ortho intramolecular Hbond substituents is 1. The summed E-state index contributed by atoms with van der Waals surface area (Å²) in [6.45, 7) is 0. The molecule has 1 aromatic carbocycles. The molecule has 1 N–H and O–H groups in total. The van der Waals surface area contributed by atoms with Gasteiger partial charge in [0.1, 0.15) is 5.75 Å². The van der Waals surface area contributed by atoms with Crippen molar-refractivity contribution in [3.05, 3.63) is 33.9 Å². The van der Waals surface area contributed by atoms with Gasteiger partial charge in [0.15, 0.2) is 0 Å². The Morgan fingerprint density at radius 1 is 1.54 bits per heavy atom. The number of nitriles is 1. The van der Waals surface area contributed by atoms with E-state index in [9.17, 15) is 10.1 Å². The second-order valence-corrected chi connectivity index (χ2v) is 2.45. The zero-order valence-corrected chi connectivity index (χ0v) is 6.60. The molecule has 0 bridgehead atoms. The van der Waals surface area contributed by atoms with E-state index in [0.29, 0.717) is 5.56 Å². The summed E-state index contributed by atoms with van der Waals surface area (Å²) in [4.78, 5) is 9.71. The lowest BCUT2D eigenvalue weighted by atomic mass is 10.1. The van der Waals surface area contributed by atoms with Crippen LogP contribution in [0.1, 0.15) is 5.56 Å². The maximum Gasteiger partial charge on any atom is 0.273 e. The summed E-state index contributed by atoms with van der Waals surface area (Å²) < 4.78 is 0. The number of phenols is 1. The van der Waals surface area contributed by atoms with Crippen molar-refractivity contribution >= 4 is 5.69 Å². The molecule has 0 saturated heterocycles. The molecule has 0 amide bonds. The minimum Gasteiger partial charge on any atom is -0.508 e. The molecule has 0 aromatic heterocycles. The largest absolute Gasteiger partial charge is 0.508 e. The van der Waals surface area contributed by atoms with Gasteiger partial charge in [0.05, 0.1) is 23.5 Å². The standard InChI is InChI=1S/C8H6N2O3/c9-2-1-6-3-7(10(12)13)5-8(11)4-6/h3-5,11H,1H2. The highest BCUT2D eigenvalue weighted by molar-refractivity contribution is 5.42. The maximum atomic E-state index is 10.3. The van der Waals surface area contributed by atoms with Gasteiger partial charge in [-0.15, -0.1) is 0 Å². The predicted octanol–water partition coefficient (Wildman–Crippen LogP) is 1.37.